The monoisotopic (exact) mass is 640 g/mol. The normalized spacial score (nSPS) is 27.9. The molecule has 0 radical (unpaired) electrons. The van der Waals surface area contributed by atoms with Crippen molar-refractivity contribution < 1.29 is 33.5 Å². The van der Waals surface area contributed by atoms with Crippen molar-refractivity contribution >= 4 is 40.8 Å². The smallest absolute Gasteiger partial charge is 0.241 e. The zero-order valence-corrected chi connectivity index (χ0v) is 26.1. The Bertz CT molecular complexity index is 2020. The Hall–Kier alpha value is -5.41. The molecule has 2 aliphatic carbocycles. The first-order valence-corrected chi connectivity index (χ1v) is 16.1. The highest BCUT2D eigenvalue weighted by Crippen LogP contribution is 2.63. The van der Waals surface area contributed by atoms with Gasteiger partial charge in [0.25, 0.3) is 0 Å². The third-order valence-corrected chi connectivity index (χ3v) is 10.8. The molecule has 3 heterocycles. The minimum atomic E-state index is -1.22. The lowest BCUT2D eigenvalue weighted by Gasteiger charge is -2.48. The van der Waals surface area contributed by atoms with Crippen LogP contribution < -0.4 is 9.80 Å². The predicted molar refractivity (Wildman–Crippen MR) is 175 cm³/mol. The van der Waals surface area contributed by atoms with E-state index in [0.29, 0.717) is 34.0 Å². The van der Waals surface area contributed by atoms with E-state index in [1.165, 1.54) is 9.80 Å². The van der Waals surface area contributed by atoms with Gasteiger partial charge < -0.3 is 9.52 Å². The molecule has 8 rings (SSSR count). The van der Waals surface area contributed by atoms with Gasteiger partial charge in [0.05, 0.1) is 40.5 Å². The number of imide groups is 2. The summed E-state index contributed by atoms with van der Waals surface area (Å²) in [6, 6.07) is 27.5. The second kappa shape index (κ2) is 11.1. The van der Waals surface area contributed by atoms with Crippen LogP contribution in [0.4, 0.5) is 11.4 Å². The molecule has 0 unspecified atom stereocenters. The maximum atomic E-state index is 14.4. The van der Waals surface area contributed by atoms with Crippen LogP contribution in [0.2, 0.25) is 0 Å². The Kier molecular flexibility index (Phi) is 6.92. The molecule has 4 aromatic rings. The number of aliphatic hydroxyl groups is 1. The van der Waals surface area contributed by atoms with E-state index in [-0.39, 0.29) is 48.9 Å². The number of ketones is 1. The van der Waals surface area contributed by atoms with E-state index in [2.05, 4.69) is 0 Å². The van der Waals surface area contributed by atoms with Crippen molar-refractivity contribution in [1.82, 2.24) is 0 Å². The van der Waals surface area contributed by atoms with Gasteiger partial charge >= 0.3 is 0 Å². The van der Waals surface area contributed by atoms with Crippen molar-refractivity contribution in [2.45, 2.75) is 32.3 Å². The number of benzene rings is 3. The fourth-order valence-corrected chi connectivity index (χ4v) is 8.55. The first-order valence-electron chi connectivity index (χ1n) is 16.1. The van der Waals surface area contributed by atoms with Crippen molar-refractivity contribution in [3.05, 3.63) is 131 Å². The number of nitrogens with zero attached hydrogens (tertiary/aromatic N) is 2. The molecule has 4 amide bonds. The predicted octanol–water partition coefficient (Wildman–Crippen LogP) is 5.44. The highest BCUT2D eigenvalue weighted by molar-refractivity contribution is 6.25. The molecule has 48 heavy (non-hydrogen) atoms. The van der Waals surface area contributed by atoms with Crippen molar-refractivity contribution in [1.29, 1.82) is 0 Å². The molecule has 3 aromatic carbocycles. The number of aliphatic hydroxyl groups excluding tert-OH is 1. The van der Waals surface area contributed by atoms with Gasteiger partial charge in [-0.3, -0.25) is 28.9 Å². The number of carbonyl (C=O) groups excluding carboxylic acids is 5. The molecule has 3 fully saturated rings. The number of hydrogen-bond acceptors (Lipinski definition) is 7. The summed E-state index contributed by atoms with van der Waals surface area (Å²) >= 11 is 0. The molecule has 4 aliphatic rings. The number of anilines is 2. The molecule has 2 saturated heterocycles. The highest BCUT2D eigenvalue weighted by Gasteiger charge is 2.68. The van der Waals surface area contributed by atoms with Crippen molar-refractivity contribution in [2.75, 3.05) is 9.80 Å². The second-order valence-corrected chi connectivity index (χ2v) is 13.2. The highest BCUT2D eigenvalue weighted by atomic mass is 16.4. The van der Waals surface area contributed by atoms with E-state index >= 15 is 0 Å². The van der Waals surface area contributed by atoms with Crippen LogP contribution in [-0.4, -0.2) is 34.5 Å². The van der Waals surface area contributed by atoms with Crippen molar-refractivity contribution in [3.63, 3.8) is 0 Å². The third-order valence-electron chi connectivity index (χ3n) is 10.8. The topological polar surface area (TPSA) is 125 Å². The summed E-state index contributed by atoms with van der Waals surface area (Å²) < 4.78 is 6.07. The molecular weight excluding hydrogens is 608 g/mol. The van der Waals surface area contributed by atoms with Gasteiger partial charge in [0.1, 0.15) is 18.1 Å². The first-order chi connectivity index (χ1) is 23.2. The Morgan fingerprint density at radius 2 is 1.42 bits per heavy atom. The van der Waals surface area contributed by atoms with Gasteiger partial charge in [0, 0.05) is 11.1 Å². The summed E-state index contributed by atoms with van der Waals surface area (Å²) in [4.78, 5) is 72.3. The van der Waals surface area contributed by atoms with Gasteiger partial charge in [0.2, 0.25) is 23.6 Å². The van der Waals surface area contributed by atoms with Gasteiger partial charge in [-0.1, -0.05) is 60.2 Å². The number of rotatable bonds is 6. The quantitative estimate of drug-likeness (QED) is 0.169. The van der Waals surface area contributed by atoms with Crippen LogP contribution >= 0.6 is 0 Å². The van der Waals surface area contributed by atoms with Crippen LogP contribution in [-0.2, 0) is 25.8 Å². The SMILES string of the molecule is C[C@@]12C(=O)N(c3ccccc3)C(=O)[C@@H]1C[C@@H]1C(=CC[C@@H]3C(=O)N(c4ccc(C(=O)c5ccccc5)cc4)C(=O)[C@@H]31)[C@@H]2c1ccc(CO)o1. The average Bonchev–Trinajstić information content (AvgIpc) is 3.75. The Labute approximate surface area is 276 Å². The first kappa shape index (κ1) is 30.0. The second-order valence-electron chi connectivity index (χ2n) is 13.2. The summed E-state index contributed by atoms with van der Waals surface area (Å²) in [5.74, 6) is -4.13. The zero-order chi connectivity index (χ0) is 33.3. The molecule has 2 aliphatic heterocycles. The van der Waals surface area contributed by atoms with Gasteiger partial charge in [-0.2, -0.15) is 0 Å². The molecule has 1 saturated carbocycles. The van der Waals surface area contributed by atoms with Crippen LogP contribution in [0, 0.1) is 29.1 Å². The van der Waals surface area contributed by atoms with E-state index in [0.717, 1.165) is 5.57 Å². The third kappa shape index (κ3) is 4.23. The number of carbonyl (C=O) groups is 5. The summed E-state index contributed by atoms with van der Waals surface area (Å²) in [7, 11) is 0. The maximum Gasteiger partial charge on any atom is 0.241 e. The molecular formula is C39H32N2O7. The van der Waals surface area contributed by atoms with E-state index in [4.69, 9.17) is 4.42 Å². The summed E-state index contributed by atoms with van der Waals surface area (Å²) in [6.07, 6.45) is 2.47. The lowest BCUT2D eigenvalue weighted by atomic mass is 9.52. The van der Waals surface area contributed by atoms with Crippen LogP contribution in [0.15, 0.2) is 113 Å². The van der Waals surface area contributed by atoms with Gasteiger partial charge in [-0.25, -0.2) is 4.90 Å². The summed E-state index contributed by atoms with van der Waals surface area (Å²) in [5.41, 5.74) is 1.41. The molecule has 0 spiro atoms. The number of amides is 4. The minimum Gasteiger partial charge on any atom is -0.463 e. The molecule has 1 N–H and O–H groups in total. The van der Waals surface area contributed by atoms with E-state index in [1.807, 2.05) is 18.2 Å². The van der Waals surface area contributed by atoms with E-state index in [1.54, 1.807) is 91.9 Å². The van der Waals surface area contributed by atoms with Crippen LogP contribution in [0.3, 0.4) is 0 Å². The molecule has 240 valence electrons. The number of allylic oxidation sites excluding steroid dienone is 2. The van der Waals surface area contributed by atoms with Crippen LogP contribution in [0.1, 0.15) is 53.1 Å². The van der Waals surface area contributed by atoms with Gasteiger partial charge in [-0.05, 0) is 74.2 Å². The largest absolute Gasteiger partial charge is 0.463 e. The number of hydrogen-bond donors (Lipinski definition) is 1. The van der Waals surface area contributed by atoms with Crippen molar-refractivity contribution in [3.8, 4) is 0 Å². The van der Waals surface area contributed by atoms with Gasteiger partial charge in [-0.15, -0.1) is 0 Å². The Morgan fingerprint density at radius 3 is 2.08 bits per heavy atom. The molecule has 9 heteroatoms. The molecule has 9 nitrogen and oxygen atoms in total. The Balaban J connectivity index is 1.16. The number of fused-ring (bicyclic) bond motifs is 4. The van der Waals surface area contributed by atoms with E-state index < -0.39 is 35.0 Å². The van der Waals surface area contributed by atoms with Crippen LogP contribution in [0.5, 0.6) is 0 Å². The molecule has 1 aromatic heterocycles. The molecule has 0 bridgehead atoms. The van der Waals surface area contributed by atoms with E-state index in [9.17, 15) is 29.1 Å². The average molecular weight is 641 g/mol. The molecule has 6 atom stereocenters. The standard InChI is InChI=1S/C39H32N2O7/c1-39-30(36(45)41(38(39)47)24-10-6-3-7-11-24)20-29-27(33(39)31-19-16-26(21-42)48-31)17-18-28-32(29)37(46)40(35(28)44)25-14-12-23(13-15-25)34(43)22-8-4-2-5-9-22/h2-17,19,28-30,32-33,42H,18,20-21H2,1H3/t28-,29+,30-,32-,33+,39+/m0/s1. The summed E-state index contributed by atoms with van der Waals surface area (Å²) in [5, 5.41) is 9.80. The maximum absolute atomic E-state index is 14.4. The van der Waals surface area contributed by atoms with Crippen molar-refractivity contribution in [2.24, 2.45) is 29.1 Å². The lowest BCUT2D eigenvalue weighted by Crippen LogP contribution is -2.48. The fourth-order valence-electron chi connectivity index (χ4n) is 8.55. The van der Waals surface area contributed by atoms with Gasteiger partial charge in [0.15, 0.2) is 5.78 Å². The lowest BCUT2D eigenvalue weighted by molar-refractivity contribution is -0.131. The number of para-hydroxylation sites is 1. The Morgan fingerprint density at radius 1 is 0.771 bits per heavy atom. The summed E-state index contributed by atoms with van der Waals surface area (Å²) in [6.45, 7) is 1.46. The zero-order valence-electron chi connectivity index (χ0n) is 26.1. The van der Waals surface area contributed by atoms with Crippen LogP contribution in [0.25, 0.3) is 0 Å². The minimum absolute atomic E-state index is 0.164. The fraction of sp³-hybridized carbons (Fsp3) is 0.256. The number of furan rings is 1.